The highest BCUT2D eigenvalue weighted by atomic mass is 19.4. The number of rotatable bonds is 2. The van der Waals surface area contributed by atoms with E-state index in [1.54, 1.807) is 6.92 Å². The topological polar surface area (TPSA) is 43.4 Å². The van der Waals surface area contributed by atoms with Gasteiger partial charge in [0, 0.05) is 12.3 Å². The SMILES string of the molecule is CC(=O)C1CCC2C3CC=C4CC(OC(=O)C(F)(F)F)CCC4(C)C3CCC12C. The van der Waals surface area contributed by atoms with Gasteiger partial charge in [-0.3, -0.25) is 4.79 Å². The van der Waals surface area contributed by atoms with E-state index in [2.05, 4.69) is 19.9 Å². The first-order valence-corrected chi connectivity index (χ1v) is 10.9. The predicted octanol–water partition coefficient (Wildman–Crippen LogP) is 5.63. The van der Waals surface area contributed by atoms with Gasteiger partial charge in [-0.05, 0) is 80.5 Å². The van der Waals surface area contributed by atoms with Crippen LogP contribution in [0, 0.1) is 34.5 Å². The fourth-order valence-corrected chi connectivity index (χ4v) is 7.61. The van der Waals surface area contributed by atoms with E-state index in [-0.39, 0.29) is 16.7 Å². The number of carbonyl (C=O) groups excluding carboxylic acids is 2. The molecule has 3 saturated carbocycles. The Morgan fingerprint density at radius 3 is 2.45 bits per heavy atom. The van der Waals surface area contributed by atoms with Crippen LogP contribution in [0.25, 0.3) is 0 Å². The summed E-state index contributed by atoms with van der Waals surface area (Å²) in [6, 6.07) is 0. The van der Waals surface area contributed by atoms with Gasteiger partial charge < -0.3 is 4.74 Å². The smallest absolute Gasteiger partial charge is 0.455 e. The van der Waals surface area contributed by atoms with Crippen molar-refractivity contribution in [3.8, 4) is 0 Å². The number of halogens is 3. The minimum absolute atomic E-state index is 0.0281. The molecule has 0 N–H and O–H groups in total. The van der Waals surface area contributed by atoms with E-state index in [9.17, 15) is 22.8 Å². The van der Waals surface area contributed by atoms with Crippen molar-refractivity contribution in [2.45, 2.75) is 84.4 Å². The summed E-state index contributed by atoms with van der Waals surface area (Å²) in [7, 11) is 0. The maximum atomic E-state index is 12.6. The maximum absolute atomic E-state index is 12.6. The van der Waals surface area contributed by atoms with Crippen LogP contribution in [0.2, 0.25) is 0 Å². The lowest BCUT2D eigenvalue weighted by atomic mass is 9.47. The van der Waals surface area contributed by atoms with Gasteiger partial charge in [-0.1, -0.05) is 25.5 Å². The summed E-state index contributed by atoms with van der Waals surface area (Å²) in [6.45, 7) is 6.30. The molecule has 0 spiro atoms. The van der Waals surface area contributed by atoms with Crippen LogP contribution in [0.4, 0.5) is 13.2 Å². The summed E-state index contributed by atoms with van der Waals surface area (Å²) in [4.78, 5) is 23.5. The standard InChI is InChI=1S/C23H31F3O3/c1-13(27)17-6-7-18-16-5-4-14-12-15(29-20(28)23(24,25)26)8-10-21(14,2)19(16)9-11-22(17,18)3/h4,15-19H,5-12H2,1-3H3. The third-order valence-electron chi connectivity index (χ3n) is 9.05. The number of carbonyl (C=O) groups is 2. The van der Waals surface area contributed by atoms with Crippen LogP contribution >= 0.6 is 0 Å². The van der Waals surface area contributed by atoms with Crippen molar-refractivity contribution < 1.29 is 27.5 Å². The minimum atomic E-state index is -4.93. The number of allylic oxidation sites excluding steroid dienone is 1. The molecule has 0 radical (unpaired) electrons. The number of hydrogen-bond donors (Lipinski definition) is 0. The van der Waals surface area contributed by atoms with Gasteiger partial charge in [-0.15, -0.1) is 0 Å². The molecule has 4 aliphatic carbocycles. The molecule has 162 valence electrons. The van der Waals surface area contributed by atoms with E-state index in [0.29, 0.717) is 36.4 Å². The molecule has 3 fully saturated rings. The molecule has 0 amide bonds. The highest BCUT2D eigenvalue weighted by Crippen LogP contribution is 2.66. The molecule has 0 saturated heterocycles. The molecular formula is C23H31F3O3. The lowest BCUT2D eigenvalue weighted by Gasteiger charge is -2.58. The molecule has 4 rings (SSSR count). The molecule has 4 aliphatic rings. The summed E-state index contributed by atoms with van der Waals surface area (Å²) in [5.74, 6) is 0.00938. The molecule has 7 unspecified atom stereocenters. The largest absolute Gasteiger partial charge is 0.490 e. The second-order valence-electron chi connectivity index (χ2n) is 10.3. The first-order chi connectivity index (χ1) is 13.5. The number of Topliss-reactive ketones (excluding diaryl/α,β-unsaturated/α-hetero) is 1. The van der Waals surface area contributed by atoms with Crippen LogP contribution in [0.15, 0.2) is 11.6 Å². The van der Waals surface area contributed by atoms with Crippen LogP contribution in [-0.4, -0.2) is 24.0 Å². The molecular weight excluding hydrogens is 381 g/mol. The highest BCUT2D eigenvalue weighted by Gasteiger charge is 2.59. The van der Waals surface area contributed by atoms with Gasteiger partial charge >= 0.3 is 12.1 Å². The molecule has 29 heavy (non-hydrogen) atoms. The van der Waals surface area contributed by atoms with E-state index < -0.39 is 18.2 Å². The number of ketones is 1. The number of ether oxygens (including phenoxy) is 1. The fraction of sp³-hybridized carbons (Fsp3) is 0.826. The molecule has 0 heterocycles. The monoisotopic (exact) mass is 412 g/mol. The Hall–Kier alpha value is -1.33. The second-order valence-corrected chi connectivity index (χ2v) is 10.3. The Balaban J connectivity index is 1.53. The number of esters is 1. The Morgan fingerprint density at radius 2 is 1.79 bits per heavy atom. The summed E-state index contributed by atoms with van der Waals surface area (Å²) in [5, 5.41) is 0. The van der Waals surface area contributed by atoms with E-state index in [1.165, 1.54) is 5.57 Å². The summed E-state index contributed by atoms with van der Waals surface area (Å²) < 4.78 is 42.5. The van der Waals surface area contributed by atoms with Crippen molar-refractivity contribution in [1.82, 2.24) is 0 Å². The third-order valence-corrected chi connectivity index (χ3v) is 9.05. The zero-order valence-corrected chi connectivity index (χ0v) is 17.5. The number of hydrogen-bond acceptors (Lipinski definition) is 3. The molecule has 0 aromatic carbocycles. The molecule has 0 aromatic heterocycles. The average Bonchev–Trinajstić information content (AvgIpc) is 2.98. The lowest BCUT2D eigenvalue weighted by molar-refractivity contribution is -0.206. The van der Waals surface area contributed by atoms with E-state index in [1.807, 2.05) is 0 Å². The first kappa shape index (κ1) is 20.9. The Morgan fingerprint density at radius 1 is 1.07 bits per heavy atom. The maximum Gasteiger partial charge on any atom is 0.490 e. The number of fused-ring (bicyclic) bond motifs is 5. The Kier molecular flexibility index (Phi) is 4.94. The normalized spacial score (nSPS) is 44.2. The van der Waals surface area contributed by atoms with Gasteiger partial charge in [0.25, 0.3) is 0 Å². The van der Waals surface area contributed by atoms with Gasteiger partial charge in [-0.25, -0.2) is 4.79 Å². The van der Waals surface area contributed by atoms with Crippen molar-refractivity contribution in [1.29, 1.82) is 0 Å². The second kappa shape index (κ2) is 6.84. The number of alkyl halides is 3. The van der Waals surface area contributed by atoms with Crippen molar-refractivity contribution >= 4 is 11.8 Å². The van der Waals surface area contributed by atoms with Crippen molar-refractivity contribution in [3.63, 3.8) is 0 Å². The van der Waals surface area contributed by atoms with Gasteiger partial charge in [0.2, 0.25) is 0 Å². The van der Waals surface area contributed by atoms with Crippen molar-refractivity contribution in [3.05, 3.63) is 11.6 Å². The van der Waals surface area contributed by atoms with Gasteiger partial charge in [0.1, 0.15) is 11.9 Å². The van der Waals surface area contributed by atoms with E-state index in [0.717, 1.165) is 38.5 Å². The predicted molar refractivity (Wildman–Crippen MR) is 102 cm³/mol. The average molecular weight is 412 g/mol. The van der Waals surface area contributed by atoms with Crippen LogP contribution in [-0.2, 0) is 14.3 Å². The molecule has 6 heteroatoms. The third kappa shape index (κ3) is 3.25. The first-order valence-electron chi connectivity index (χ1n) is 10.9. The fourth-order valence-electron chi connectivity index (χ4n) is 7.61. The molecule has 0 aliphatic heterocycles. The molecule has 3 nitrogen and oxygen atoms in total. The Bertz CT molecular complexity index is 742. The quantitative estimate of drug-likeness (QED) is 0.436. The lowest BCUT2D eigenvalue weighted by Crippen LogP contribution is -2.51. The summed E-state index contributed by atoms with van der Waals surface area (Å²) >= 11 is 0. The van der Waals surface area contributed by atoms with Gasteiger partial charge in [0.15, 0.2) is 0 Å². The van der Waals surface area contributed by atoms with Crippen molar-refractivity contribution in [2.75, 3.05) is 0 Å². The van der Waals surface area contributed by atoms with E-state index in [4.69, 9.17) is 4.74 Å². The van der Waals surface area contributed by atoms with Crippen LogP contribution in [0.1, 0.15) is 72.1 Å². The Labute approximate surface area is 170 Å². The highest BCUT2D eigenvalue weighted by molar-refractivity contribution is 5.79. The van der Waals surface area contributed by atoms with Gasteiger partial charge in [-0.2, -0.15) is 13.2 Å². The van der Waals surface area contributed by atoms with Gasteiger partial charge in [0.05, 0.1) is 0 Å². The molecule has 0 bridgehead atoms. The minimum Gasteiger partial charge on any atom is -0.455 e. The molecule has 0 aromatic rings. The zero-order valence-electron chi connectivity index (χ0n) is 17.5. The van der Waals surface area contributed by atoms with E-state index >= 15 is 0 Å². The summed E-state index contributed by atoms with van der Waals surface area (Å²) in [5.41, 5.74) is 1.24. The van der Waals surface area contributed by atoms with Crippen molar-refractivity contribution in [2.24, 2.45) is 34.5 Å². The zero-order chi connectivity index (χ0) is 21.2. The van der Waals surface area contributed by atoms with Crippen LogP contribution in [0.3, 0.4) is 0 Å². The molecule has 7 atom stereocenters. The van der Waals surface area contributed by atoms with Crippen LogP contribution < -0.4 is 0 Å². The summed E-state index contributed by atoms with van der Waals surface area (Å²) in [6.07, 6.45) is 3.42. The van der Waals surface area contributed by atoms with Crippen LogP contribution in [0.5, 0.6) is 0 Å².